The van der Waals surface area contributed by atoms with Crippen molar-refractivity contribution in [1.82, 2.24) is 35.3 Å². The van der Waals surface area contributed by atoms with Gasteiger partial charge in [-0.25, -0.2) is 4.68 Å². The quantitative estimate of drug-likeness (QED) is 0.682. The van der Waals surface area contributed by atoms with E-state index in [1.807, 2.05) is 6.07 Å². The van der Waals surface area contributed by atoms with E-state index in [0.717, 1.165) is 58.2 Å². The molecule has 0 aliphatic carbocycles. The number of carbonyl (C=O) groups excluding carboxylic acids is 1. The monoisotopic (exact) mass is 399 g/mol. The van der Waals surface area contributed by atoms with E-state index in [4.69, 9.17) is 4.74 Å². The van der Waals surface area contributed by atoms with Gasteiger partial charge in [0.25, 0.3) is 0 Å². The van der Waals surface area contributed by atoms with Gasteiger partial charge in [-0.2, -0.15) is 0 Å². The van der Waals surface area contributed by atoms with E-state index in [0.29, 0.717) is 19.5 Å². The fraction of sp³-hybridized carbons (Fsp3) is 0.600. The van der Waals surface area contributed by atoms with Crippen molar-refractivity contribution in [2.24, 2.45) is 0 Å². The fourth-order valence-corrected chi connectivity index (χ4v) is 3.91. The van der Waals surface area contributed by atoms with E-state index in [2.05, 4.69) is 54.9 Å². The molecule has 2 aliphatic rings. The van der Waals surface area contributed by atoms with Crippen molar-refractivity contribution in [3.05, 3.63) is 41.7 Å². The van der Waals surface area contributed by atoms with Gasteiger partial charge in [-0.05, 0) is 22.4 Å². The van der Waals surface area contributed by atoms with Gasteiger partial charge >= 0.3 is 0 Å². The van der Waals surface area contributed by atoms with Gasteiger partial charge in [0.15, 0.2) is 5.82 Å². The minimum atomic E-state index is 0.0596. The maximum atomic E-state index is 12.4. The zero-order valence-electron chi connectivity index (χ0n) is 16.7. The van der Waals surface area contributed by atoms with E-state index in [1.54, 1.807) is 4.68 Å². The lowest BCUT2D eigenvalue weighted by molar-refractivity contribution is -0.122. The summed E-state index contributed by atoms with van der Waals surface area (Å²) in [4.78, 5) is 17.1. The summed E-state index contributed by atoms with van der Waals surface area (Å²) in [7, 11) is 0. The lowest BCUT2D eigenvalue weighted by Gasteiger charge is -2.25. The predicted molar refractivity (Wildman–Crippen MR) is 107 cm³/mol. The molecule has 1 aromatic heterocycles. The molecule has 2 aliphatic heterocycles. The second-order valence-corrected chi connectivity index (χ2v) is 7.73. The molecule has 2 fully saturated rings. The first-order valence-electron chi connectivity index (χ1n) is 10.4. The van der Waals surface area contributed by atoms with Gasteiger partial charge in [0, 0.05) is 45.2 Å². The third-order valence-electron chi connectivity index (χ3n) is 5.51. The van der Waals surface area contributed by atoms with Crippen LogP contribution in [0.3, 0.4) is 0 Å². The number of aromatic nitrogens is 4. The minimum absolute atomic E-state index is 0.0596. The lowest BCUT2D eigenvalue weighted by Crippen LogP contribution is -2.38. The molecule has 0 spiro atoms. The molecule has 0 bridgehead atoms. The molecule has 4 rings (SSSR count). The number of ether oxygens (including phenoxy) is 1. The largest absolute Gasteiger partial charge is 0.379 e. The molecule has 1 atom stereocenters. The average Bonchev–Trinajstić information content (AvgIpc) is 3.37. The first-order chi connectivity index (χ1) is 14.3. The standard InChI is InChI=1S/C20H29N7O2/c28-20(21-18-6-8-26(15-18)14-17-4-2-1-3-5-17)7-9-27-19(22-23-24-27)16-25-10-12-29-13-11-25/h1-5,18H,6-16H2,(H,21,28)/t18-/m1/s1. The maximum absolute atomic E-state index is 12.4. The molecule has 2 aromatic rings. The van der Waals surface area contributed by atoms with Crippen molar-refractivity contribution in [2.75, 3.05) is 39.4 Å². The number of carbonyl (C=O) groups is 1. The Labute approximate surface area is 171 Å². The molecule has 0 unspecified atom stereocenters. The molecule has 9 nitrogen and oxygen atoms in total. The number of aryl methyl sites for hydroxylation is 1. The van der Waals surface area contributed by atoms with E-state index >= 15 is 0 Å². The maximum Gasteiger partial charge on any atom is 0.222 e. The van der Waals surface area contributed by atoms with E-state index in [9.17, 15) is 4.79 Å². The van der Waals surface area contributed by atoms with E-state index in [1.165, 1.54) is 5.56 Å². The molecule has 2 saturated heterocycles. The number of amides is 1. The molecule has 156 valence electrons. The molecule has 1 amide bonds. The second kappa shape index (κ2) is 9.91. The van der Waals surface area contributed by atoms with Crippen LogP contribution in [0.2, 0.25) is 0 Å². The Balaban J connectivity index is 1.19. The smallest absolute Gasteiger partial charge is 0.222 e. The van der Waals surface area contributed by atoms with Crippen LogP contribution in [0.1, 0.15) is 24.2 Å². The van der Waals surface area contributed by atoms with Gasteiger partial charge in [0.05, 0.1) is 26.3 Å². The number of hydrogen-bond acceptors (Lipinski definition) is 7. The van der Waals surface area contributed by atoms with Crippen LogP contribution in [0, 0.1) is 0 Å². The van der Waals surface area contributed by atoms with Crippen LogP contribution in [0.4, 0.5) is 0 Å². The number of likely N-dealkylation sites (tertiary alicyclic amines) is 1. The summed E-state index contributed by atoms with van der Waals surface area (Å²) in [5.41, 5.74) is 1.31. The summed E-state index contributed by atoms with van der Waals surface area (Å²) in [6.07, 6.45) is 1.38. The molecule has 3 heterocycles. The summed E-state index contributed by atoms with van der Waals surface area (Å²) in [6, 6.07) is 10.7. The van der Waals surface area contributed by atoms with Crippen LogP contribution in [0.25, 0.3) is 0 Å². The van der Waals surface area contributed by atoms with Crippen molar-refractivity contribution in [3.8, 4) is 0 Å². The summed E-state index contributed by atoms with van der Waals surface area (Å²) >= 11 is 0. The second-order valence-electron chi connectivity index (χ2n) is 7.73. The van der Waals surface area contributed by atoms with Crippen LogP contribution >= 0.6 is 0 Å². The topological polar surface area (TPSA) is 88.4 Å². The van der Waals surface area contributed by atoms with Crippen LogP contribution in [-0.4, -0.2) is 81.3 Å². The number of tetrazole rings is 1. The lowest BCUT2D eigenvalue weighted by atomic mass is 10.2. The highest BCUT2D eigenvalue weighted by molar-refractivity contribution is 5.76. The molecule has 29 heavy (non-hydrogen) atoms. The van der Waals surface area contributed by atoms with Gasteiger partial charge in [0.1, 0.15) is 0 Å². The van der Waals surface area contributed by atoms with Crippen LogP contribution in [0.5, 0.6) is 0 Å². The molecular weight excluding hydrogens is 370 g/mol. The highest BCUT2D eigenvalue weighted by atomic mass is 16.5. The van der Waals surface area contributed by atoms with Crippen molar-refractivity contribution >= 4 is 5.91 Å². The predicted octanol–water partition coefficient (Wildman–Crippen LogP) is 0.286. The Kier molecular flexibility index (Phi) is 6.81. The Morgan fingerprint density at radius 2 is 1.93 bits per heavy atom. The summed E-state index contributed by atoms with van der Waals surface area (Å²) in [5.74, 6) is 0.860. The van der Waals surface area contributed by atoms with Crippen molar-refractivity contribution < 1.29 is 9.53 Å². The van der Waals surface area contributed by atoms with Crippen LogP contribution < -0.4 is 5.32 Å². The van der Waals surface area contributed by atoms with Crippen LogP contribution in [0.15, 0.2) is 30.3 Å². The SMILES string of the molecule is O=C(CCn1nnnc1CN1CCOCC1)N[C@@H]1CCN(Cc2ccccc2)C1. The summed E-state index contributed by atoms with van der Waals surface area (Å²) in [5, 5.41) is 15.1. The molecule has 1 aromatic carbocycles. The number of nitrogens with one attached hydrogen (secondary N) is 1. The number of hydrogen-bond donors (Lipinski definition) is 1. The zero-order chi connectivity index (χ0) is 19.9. The Bertz CT molecular complexity index is 776. The van der Waals surface area contributed by atoms with Gasteiger partial charge in [-0.15, -0.1) is 5.10 Å². The van der Waals surface area contributed by atoms with E-state index in [-0.39, 0.29) is 11.9 Å². The molecule has 0 saturated carbocycles. The third kappa shape index (κ3) is 5.81. The van der Waals surface area contributed by atoms with Crippen molar-refractivity contribution in [1.29, 1.82) is 0 Å². The number of benzene rings is 1. The average molecular weight is 399 g/mol. The third-order valence-corrected chi connectivity index (χ3v) is 5.51. The Hall–Kier alpha value is -2.36. The first kappa shape index (κ1) is 19.9. The normalized spacial score (nSPS) is 20.8. The number of rotatable bonds is 8. The van der Waals surface area contributed by atoms with Crippen molar-refractivity contribution in [3.63, 3.8) is 0 Å². The van der Waals surface area contributed by atoms with Gasteiger partial charge in [0.2, 0.25) is 5.91 Å². The molecule has 1 N–H and O–H groups in total. The van der Waals surface area contributed by atoms with Gasteiger partial charge in [-0.3, -0.25) is 14.6 Å². The van der Waals surface area contributed by atoms with Gasteiger partial charge in [-0.1, -0.05) is 30.3 Å². The van der Waals surface area contributed by atoms with Gasteiger partial charge < -0.3 is 10.1 Å². The summed E-state index contributed by atoms with van der Waals surface area (Å²) < 4.78 is 7.12. The van der Waals surface area contributed by atoms with Crippen LogP contribution in [-0.2, 0) is 29.2 Å². The first-order valence-corrected chi connectivity index (χ1v) is 10.4. The minimum Gasteiger partial charge on any atom is -0.379 e. The molecule has 9 heteroatoms. The zero-order valence-corrected chi connectivity index (χ0v) is 16.7. The molecular formula is C20H29N7O2. The summed E-state index contributed by atoms with van der Waals surface area (Å²) in [6.45, 7) is 7.28. The highest BCUT2D eigenvalue weighted by Gasteiger charge is 2.24. The highest BCUT2D eigenvalue weighted by Crippen LogP contribution is 2.13. The number of nitrogens with zero attached hydrogens (tertiary/aromatic N) is 6. The van der Waals surface area contributed by atoms with E-state index < -0.39 is 0 Å². The fourth-order valence-electron chi connectivity index (χ4n) is 3.91. The Morgan fingerprint density at radius 1 is 1.10 bits per heavy atom. The Morgan fingerprint density at radius 3 is 2.76 bits per heavy atom. The number of morpholine rings is 1. The molecule has 0 radical (unpaired) electrons. The van der Waals surface area contributed by atoms with Crippen molar-refractivity contribution in [2.45, 2.75) is 38.5 Å².